The van der Waals surface area contributed by atoms with Crippen LogP contribution >= 0.6 is 11.6 Å². The van der Waals surface area contributed by atoms with Gasteiger partial charge in [-0.05, 0) is 49.9 Å². The normalized spacial score (nSPS) is 20.4. The number of nitrogens with two attached hydrogens (primary N) is 1. The molecule has 2 aromatic rings. The predicted octanol–water partition coefficient (Wildman–Crippen LogP) is 2.33. The zero-order chi connectivity index (χ0) is 17.8. The van der Waals surface area contributed by atoms with Crippen LogP contribution < -0.4 is 16.4 Å². The first kappa shape index (κ1) is 17.8. The van der Waals surface area contributed by atoms with E-state index in [0.29, 0.717) is 23.7 Å². The maximum absolute atomic E-state index is 12.5. The molecule has 0 atom stereocenters. The van der Waals surface area contributed by atoms with Crippen LogP contribution in [0.5, 0.6) is 0 Å². The van der Waals surface area contributed by atoms with E-state index >= 15 is 0 Å². The van der Waals surface area contributed by atoms with E-state index in [-0.39, 0.29) is 23.9 Å². The van der Waals surface area contributed by atoms with Crippen molar-refractivity contribution in [2.24, 2.45) is 5.73 Å². The number of rotatable bonds is 5. The Morgan fingerprint density at radius 2 is 1.80 bits per heavy atom. The SMILES string of the molecule is NCCC(=O)NC1CCC(NC(=O)c2cc3cc(Cl)ccc3[nH]2)CC1. The second-order valence-corrected chi connectivity index (χ2v) is 6.98. The molecule has 0 saturated heterocycles. The zero-order valence-corrected chi connectivity index (χ0v) is 14.7. The Bertz CT molecular complexity index is 766. The lowest BCUT2D eigenvalue weighted by atomic mass is 9.91. The van der Waals surface area contributed by atoms with Crippen LogP contribution in [0, 0.1) is 0 Å². The van der Waals surface area contributed by atoms with Gasteiger partial charge in [-0.1, -0.05) is 11.6 Å². The molecule has 2 amide bonds. The molecular weight excluding hydrogens is 340 g/mol. The Hall–Kier alpha value is -2.05. The van der Waals surface area contributed by atoms with E-state index < -0.39 is 0 Å². The van der Waals surface area contributed by atoms with E-state index in [4.69, 9.17) is 17.3 Å². The summed E-state index contributed by atoms with van der Waals surface area (Å²) < 4.78 is 0. The zero-order valence-electron chi connectivity index (χ0n) is 14.0. The lowest BCUT2D eigenvalue weighted by Crippen LogP contribution is -2.44. The quantitative estimate of drug-likeness (QED) is 0.656. The average Bonchev–Trinajstić information content (AvgIpc) is 3.00. The van der Waals surface area contributed by atoms with Gasteiger partial charge < -0.3 is 21.4 Å². The molecule has 0 aliphatic heterocycles. The van der Waals surface area contributed by atoms with Gasteiger partial charge in [0.2, 0.25) is 5.91 Å². The molecule has 1 aliphatic rings. The minimum atomic E-state index is -0.108. The Kier molecular flexibility index (Phi) is 5.60. The van der Waals surface area contributed by atoms with Crippen LogP contribution in [0.25, 0.3) is 10.9 Å². The van der Waals surface area contributed by atoms with Crippen molar-refractivity contribution in [2.75, 3.05) is 6.54 Å². The molecule has 25 heavy (non-hydrogen) atoms. The third-order valence-corrected chi connectivity index (χ3v) is 4.86. The fourth-order valence-corrected chi connectivity index (χ4v) is 3.48. The number of hydrogen-bond donors (Lipinski definition) is 4. The molecule has 5 N–H and O–H groups in total. The third kappa shape index (κ3) is 4.52. The molecule has 1 aliphatic carbocycles. The van der Waals surface area contributed by atoms with Crippen LogP contribution in [-0.4, -0.2) is 35.4 Å². The summed E-state index contributed by atoms with van der Waals surface area (Å²) in [4.78, 5) is 27.2. The molecule has 1 heterocycles. The first-order chi connectivity index (χ1) is 12.0. The molecule has 0 bridgehead atoms. The van der Waals surface area contributed by atoms with Crippen molar-refractivity contribution in [3.8, 4) is 0 Å². The van der Waals surface area contributed by atoms with Gasteiger partial charge in [0.15, 0.2) is 0 Å². The van der Waals surface area contributed by atoms with Gasteiger partial charge in [-0.15, -0.1) is 0 Å². The number of aromatic nitrogens is 1. The molecule has 134 valence electrons. The van der Waals surface area contributed by atoms with E-state index in [1.807, 2.05) is 18.2 Å². The fourth-order valence-electron chi connectivity index (χ4n) is 3.30. The number of hydrogen-bond acceptors (Lipinski definition) is 3. The number of carbonyl (C=O) groups excluding carboxylic acids is 2. The van der Waals surface area contributed by atoms with Crippen molar-refractivity contribution < 1.29 is 9.59 Å². The summed E-state index contributed by atoms with van der Waals surface area (Å²) in [6.45, 7) is 0.368. The largest absolute Gasteiger partial charge is 0.353 e. The molecule has 6 nitrogen and oxygen atoms in total. The molecule has 1 aromatic heterocycles. The van der Waals surface area contributed by atoms with Gasteiger partial charge in [0, 0.05) is 41.0 Å². The number of benzene rings is 1. The summed E-state index contributed by atoms with van der Waals surface area (Å²) in [5, 5.41) is 7.64. The van der Waals surface area contributed by atoms with Crippen molar-refractivity contribution in [1.29, 1.82) is 0 Å². The highest BCUT2D eigenvalue weighted by Crippen LogP contribution is 2.22. The highest BCUT2D eigenvalue weighted by atomic mass is 35.5. The lowest BCUT2D eigenvalue weighted by Gasteiger charge is -2.29. The lowest BCUT2D eigenvalue weighted by molar-refractivity contribution is -0.121. The van der Waals surface area contributed by atoms with E-state index in [0.717, 1.165) is 36.6 Å². The van der Waals surface area contributed by atoms with E-state index in [2.05, 4.69) is 15.6 Å². The highest BCUT2D eigenvalue weighted by Gasteiger charge is 2.24. The number of halogens is 1. The number of amides is 2. The molecule has 3 rings (SSSR count). The third-order valence-electron chi connectivity index (χ3n) is 4.63. The van der Waals surface area contributed by atoms with Gasteiger partial charge >= 0.3 is 0 Å². The van der Waals surface area contributed by atoms with Crippen molar-refractivity contribution in [1.82, 2.24) is 15.6 Å². The van der Waals surface area contributed by atoms with Gasteiger partial charge in [-0.2, -0.15) is 0 Å². The first-order valence-corrected chi connectivity index (χ1v) is 9.01. The average molecular weight is 363 g/mol. The fraction of sp³-hybridized carbons (Fsp3) is 0.444. The predicted molar refractivity (Wildman–Crippen MR) is 98.6 cm³/mol. The maximum Gasteiger partial charge on any atom is 0.267 e. The van der Waals surface area contributed by atoms with Crippen LogP contribution in [-0.2, 0) is 4.79 Å². The summed E-state index contributed by atoms with van der Waals surface area (Å²) in [5.41, 5.74) is 6.81. The number of aromatic amines is 1. The van der Waals surface area contributed by atoms with E-state index in [9.17, 15) is 9.59 Å². The van der Waals surface area contributed by atoms with Gasteiger partial charge in [-0.3, -0.25) is 9.59 Å². The Morgan fingerprint density at radius 1 is 1.12 bits per heavy atom. The molecule has 1 saturated carbocycles. The van der Waals surface area contributed by atoms with Crippen molar-refractivity contribution in [3.63, 3.8) is 0 Å². The Morgan fingerprint density at radius 3 is 2.48 bits per heavy atom. The minimum Gasteiger partial charge on any atom is -0.353 e. The number of carbonyl (C=O) groups is 2. The van der Waals surface area contributed by atoms with Crippen molar-refractivity contribution >= 4 is 34.3 Å². The van der Waals surface area contributed by atoms with Crippen molar-refractivity contribution in [2.45, 2.75) is 44.2 Å². The highest BCUT2D eigenvalue weighted by molar-refractivity contribution is 6.31. The van der Waals surface area contributed by atoms with Gasteiger partial charge in [-0.25, -0.2) is 0 Å². The molecule has 0 spiro atoms. The summed E-state index contributed by atoms with van der Waals surface area (Å²) in [6.07, 6.45) is 3.80. The summed E-state index contributed by atoms with van der Waals surface area (Å²) >= 11 is 5.98. The standard InChI is InChI=1S/C18H23ClN4O2/c19-12-1-6-15-11(9-12)10-16(23-15)18(25)22-14-4-2-13(3-5-14)21-17(24)7-8-20/h1,6,9-10,13-14,23H,2-5,7-8,20H2,(H,21,24)(H,22,25). The molecule has 7 heteroatoms. The smallest absolute Gasteiger partial charge is 0.267 e. The molecule has 0 unspecified atom stereocenters. The maximum atomic E-state index is 12.5. The summed E-state index contributed by atoms with van der Waals surface area (Å²) in [7, 11) is 0. The summed E-state index contributed by atoms with van der Waals surface area (Å²) in [5.74, 6) is -0.102. The topological polar surface area (TPSA) is 100 Å². The van der Waals surface area contributed by atoms with Crippen molar-refractivity contribution in [3.05, 3.63) is 35.0 Å². The van der Waals surface area contributed by atoms with E-state index in [1.54, 1.807) is 6.07 Å². The Balaban J connectivity index is 1.52. The van der Waals surface area contributed by atoms with Gasteiger partial charge in [0.05, 0.1) is 0 Å². The molecule has 1 aromatic carbocycles. The summed E-state index contributed by atoms with van der Waals surface area (Å²) in [6, 6.07) is 7.62. The Labute approximate surface area is 151 Å². The molecule has 0 radical (unpaired) electrons. The number of H-pyrrole nitrogens is 1. The number of fused-ring (bicyclic) bond motifs is 1. The van der Waals surface area contributed by atoms with Crippen LogP contribution in [0.4, 0.5) is 0 Å². The first-order valence-electron chi connectivity index (χ1n) is 8.63. The van der Waals surface area contributed by atoms with Crippen LogP contribution in [0.2, 0.25) is 5.02 Å². The minimum absolute atomic E-state index is 0.00622. The van der Waals surface area contributed by atoms with Gasteiger partial charge in [0.1, 0.15) is 5.69 Å². The second-order valence-electron chi connectivity index (χ2n) is 6.54. The van der Waals surface area contributed by atoms with Crippen LogP contribution in [0.15, 0.2) is 24.3 Å². The van der Waals surface area contributed by atoms with Gasteiger partial charge in [0.25, 0.3) is 5.91 Å². The van der Waals surface area contributed by atoms with E-state index in [1.165, 1.54) is 0 Å². The molecular formula is C18H23ClN4O2. The molecule has 1 fully saturated rings. The van der Waals surface area contributed by atoms with Crippen LogP contribution in [0.1, 0.15) is 42.6 Å². The number of nitrogens with one attached hydrogen (secondary N) is 3. The second kappa shape index (κ2) is 7.89. The van der Waals surface area contributed by atoms with Crippen LogP contribution in [0.3, 0.4) is 0 Å². The monoisotopic (exact) mass is 362 g/mol.